The number of pyridine rings is 1. The molecule has 1 aromatic carbocycles. The van der Waals surface area contributed by atoms with Crippen LogP contribution < -0.4 is 9.64 Å². The van der Waals surface area contributed by atoms with E-state index in [1.165, 1.54) is 0 Å². The summed E-state index contributed by atoms with van der Waals surface area (Å²) in [6.45, 7) is 0.532. The first-order chi connectivity index (χ1) is 10.2. The molecule has 0 aliphatic carbocycles. The van der Waals surface area contributed by atoms with Crippen LogP contribution in [-0.2, 0) is 17.8 Å². The van der Waals surface area contributed by atoms with E-state index in [-0.39, 0.29) is 5.91 Å². The molecule has 108 valence electrons. The highest BCUT2D eigenvalue weighted by molar-refractivity contribution is 9.10. The zero-order valence-corrected chi connectivity index (χ0v) is 13.3. The quantitative estimate of drug-likeness (QED) is 0.855. The first kappa shape index (κ1) is 14.1. The summed E-state index contributed by atoms with van der Waals surface area (Å²) in [4.78, 5) is 18.4. The highest BCUT2D eigenvalue weighted by atomic mass is 79.9. The average Bonchev–Trinajstić information content (AvgIpc) is 2.51. The zero-order valence-electron chi connectivity index (χ0n) is 11.7. The Morgan fingerprint density at radius 1 is 1.29 bits per heavy atom. The Labute approximate surface area is 131 Å². The normalized spacial score (nSPS) is 14.0. The number of hydrogen-bond acceptors (Lipinski definition) is 3. The summed E-state index contributed by atoms with van der Waals surface area (Å²) < 4.78 is 6.10. The number of nitrogens with zero attached hydrogens (tertiary/aromatic N) is 2. The Bertz CT molecular complexity index is 670. The van der Waals surface area contributed by atoms with Gasteiger partial charge in [0, 0.05) is 17.1 Å². The first-order valence-electron chi connectivity index (χ1n) is 6.75. The summed E-state index contributed by atoms with van der Waals surface area (Å²) in [6, 6.07) is 9.79. The van der Waals surface area contributed by atoms with Gasteiger partial charge in [-0.05, 0) is 51.7 Å². The predicted molar refractivity (Wildman–Crippen MR) is 84.4 cm³/mol. The molecule has 4 nitrogen and oxygen atoms in total. The maximum Gasteiger partial charge on any atom is 0.228 e. The molecule has 0 saturated heterocycles. The molecule has 0 radical (unpaired) electrons. The number of amides is 1. The van der Waals surface area contributed by atoms with Crippen LogP contribution in [0.3, 0.4) is 0 Å². The number of hydrogen-bond donors (Lipinski definition) is 0. The molecule has 3 rings (SSSR count). The van der Waals surface area contributed by atoms with Gasteiger partial charge in [-0.15, -0.1) is 0 Å². The molecule has 2 aromatic rings. The van der Waals surface area contributed by atoms with Crippen LogP contribution in [0, 0.1) is 0 Å². The Kier molecular flexibility index (Phi) is 3.92. The van der Waals surface area contributed by atoms with Crippen LogP contribution in [0.2, 0.25) is 0 Å². The number of fused-ring (bicyclic) bond motifs is 1. The molecule has 0 unspecified atom stereocenters. The van der Waals surface area contributed by atoms with Gasteiger partial charge in [-0.1, -0.05) is 12.1 Å². The molecule has 0 spiro atoms. The third-order valence-electron chi connectivity index (χ3n) is 3.57. The lowest BCUT2D eigenvalue weighted by Crippen LogP contribution is -2.35. The molecule has 0 fully saturated rings. The number of aryl methyl sites for hydroxylation is 1. The summed E-state index contributed by atoms with van der Waals surface area (Å²) in [7, 11) is 1.64. The van der Waals surface area contributed by atoms with Crippen molar-refractivity contribution in [1.29, 1.82) is 0 Å². The maximum absolute atomic E-state index is 12.2. The molecule has 1 aliphatic rings. The molecule has 5 heteroatoms. The molecule has 0 atom stereocenters. The second-order valence-electron chi connectivity index (χ2n) is 4.96. The second kappa shape index (κ2) is 5.85. The number of anilines is 1. The van der Waals surface area contributed by atoms with E-state index in [2.05, 4.69) is 20.9 Å². The molecule has 1 amide bonds. The second-order valence-corrected chi connectivity index (χ2v) is 5.88. The molecule has 0 N–H and O–H groups in total. The minimum atomic E-state index is 0.119. The lowest BCUT2D eigenvalue weighted by Gasteiger charge is -2.28. The fourth-order valence-electron chi connectivity index (χ4n) is 2.47. The molecular formula is C16H15BrN2O2. The number of methoxy groups -OCH3 is 1. The number of aromatic nitrogens is 1. The number of rotatable bonds is 3. The SMILES string of the molecule is COc1ccc(CN2C(=O)CCc3cc(Br)cnc32)cc1. The number of carbonyl (C=O) groups is 1. The highest BCUT2D eigenvalue weighted by Crippen LogP contribution is 2.29. The predicted octanol–water partition coefficient (Wildman–Crippen LogP) is 3.33. The lowest BCUT2D eigenvalue weighted by atomic mass is 10.0. The topological polar surface area (TPSA) is 42.4 Å². The van der Waals surface area contributed by atoms with E-state index in [0.717, 1.165) is 33.6 Å². The highest BCUT2D eigenvalue weighted by Gasteiger charge is 2.25. The van der Waals surface area contributed by atoms with E-state index >= 15 is 0 Å². The van der Waals surface area contributed by atoms with Gasteiger partial charge in [0.05, 0.1) is 13.7 Å². The van der Waals surface area contributed by atoms with Crippen molar-refractivity contribution in [1.82, 2.24) is 4.98 Å². The van der Waals surface area contributed by atoms with Gasteiger partial charge in [-0.2, -0.15) is 0 Å². The van der Waals surface area contributed by atoms with Crippen molar-refractivity contribution in [2.24, 2.45) is 0 Å². The van der Waals surface area contributed by atoms with Crippen LogP contribution in [0.1, 0.15) is 17.5 Å². The van der Waals surface area contributed by atoms with E-state index < -0.39 is 0 Å². The number of benzene rings is 1. The van der Waals surface area contributed by atoms with Crippen molar-refractivity contribution >= 4 is 27.7 Å². The van der Waals surface area contributed by atoms with Crippen molar-refractivity contribution < 1.29 is 9.53 Å². The van der Waals surface area contributed by atoms with Crippen LogP contribution in [-0.4, -0.2) is 18.0 Å². The largest absolute Gasteiger partial charge is 0.497 e. The van der Waals surface area contributed by atoms with Gasteiger partial charge < -0.3 is 4.74 Å². The Balaban J connectivity index is 1.89. The van der Waals surface area contributed by atoms with Gasteiger partial charge >= 0.3 is 0 Å². The Morgan fingerprint density at radius 3 is 2.76 bits per heavy atom. The summed E-state index contributed by atoms with van der Waals surface area (Å²) in [6.07, 6.45) is 3.01. The van der Waals surface area contributed by atoms with Crippen molar-refractivity contribution in [3.63, 3.8) is 0 Å². The van der Waals surface area contributed by atoms with E-state index in [4.69, 9.17) is 4.74 Å². The Hall–Kier alpha value is -1.88. The molecule has 2 heterocycles. The van der Waals surface area contributed by atoms with Crippen LogP contribution in [0.4, 0.5) is 5.82 Å². The van der Waals surface area contributed by atoms with Gasteiger partial charge in [-0.3, -0.25) is 9.69 Å². The standard InChI is InChI=1S/C16H15BrN2O2/c1-21-14-5-2-11(3-6-14)10-19-15(20)7-4-12-8-13(17)9-18-16(12)19/h2-3,5-6,8-9H,4,7,10H2,1H3. The monoisotopic (exact) mass is 346 g/mol. The van der Waals surface area contributed by atoms with Gasteiger partial charge in [0.2, 0.25) is 5.91 Å². The van der Waals surface area contributed by atoms with Crippen LogP contribution >= 0.6 is 15.9 Å². The van der Waals surface area contributed by atoms with E-state index in [0.29, 0.717) is 13.0 Å². The summed E-state index contributed by atoms with van der Waals surface area (Å²) in [5, 5.41) is 0. The lowest BCUT2D eigenvalue weighted by molar-refractivity contribution is -0.119. The van der Waals surface area contributed by atoms with E-state index in [9.17, 15) is 4.79 Å². The minimum absolute atomic E-state index is 0.119. The number of ether oxygens (including phenoxy) is 1. The van der Waals surface area contributed by atoms with Crippen molar-refractivity contribution in [2.75, 3.05) is 12.0 Å². The average molecular weight is 347 g/mol. The number of halogens is 1. The molecular weight excluding hydrogens is 332 g/mol. The van der Waals surface area contributed by atoms with Crippen LogP contribution in [0.15, 0.2) is 41.0 Å². The molecule has 1 aliphatic heterocycles. The zero-order chi connectivity index (χ0) is 14.8. The summed E-state index contributed by atoms with van der Waals surface area (Å²) >= 11 is 3.43. The van der Waals surface area contributed by atoms with E-state index in [1.54, 1.807) is 18.2 Å². The first-order valence-corrected chi connectivity index (χ1v) is 7.54. The van der Waals surface area contributed by atoms with Gasteiger partial charge in [0.25, 0.3) is 0 Å². The maximum atomic E-state index is 12.2. The van der Waals surface area contributed by atoms with Crippen LogP contribution in [0.5, 0.6) is 5.75 Å². The third kappa shape index (κ3) is 2.93. The van der Waals surface area contributed by atoms with Crippen LogP contribution in [0.25, 0.3) is 0 Å². The third-order valence-corrected chi connectivity index (χ3v) is 4.01. The summed E-state index contributed by atoms with van der Waals surface area (Å²) in [5.74, 6) is 1.70. The van der Waals surface area contributed by atoms with Crippen molar-refractivity contribution in [3.8, 4) is 5.75 Å². The smallest absolute Gasteiger partial charge is 0.228 e. The molecule has 21 heavy (non-hydrogen) atoms. The molecule has 1 aromatic heterocycles. The Morgan fingerprint density at radius 2 is 2.05 bits per heavy atom. The number of carbonyl (C=O) groups excluding carboxylic acids is 1. The van der Waals surface area contributed by atoms with Crippen molar-refractivity contribution in [3.05, 3.63) is 52.1 Å². The molecule has 0 bridgehead atoms. The van der Waals surface area contributed by atoms with Gasteiger partial charge in [-0.25, -0.2) is 4.98 Å². The van der Waals surface area contributed by atoms with Gasteiger partial charge in [0.15, 0.2) is 0 Å². The van der Waals surface area contributed by atoms with Gasteiger partial charge in [0.1, 0.15) is 11.6 Å². The molecule has 0 saturated carbocycles. The fraction of sp³-hybridized carbons (Fsp3) is 0.250. The summed E-state index contributed by atoms with van der Waals surface area (Å²) in [5.41, 5.74) is 2.17. The fourth-order valence-corrected chi connectivity index (χ4v) is 2.85. The van der Waals surface area contributed by atoms with Crippen molar-refractivity contribution in [2.45, 2.75) is 19.4 Å². The minimum Gasteiger partial charge on any atom is -0.497 e. The van der Waals surface area contributed by atoms with E-state index in [1.807, 2.05) is 30.3 Å².